The third-order valence-electron chi connectivity index (χ3n) is 3.06. The number of allylic oxidation sites excluding steroid dienone is 2. The second kappa shape index (κ2) is 7.84. The Hall–Kier alpha value is -3.01. The zero-order valence-electron chi connectivity index (χ0n) is 12.3. The minimum atomic E-state index is -0.421. The Morgan fingerprint density at radius 3 is 2.17 bits per heavy atom. The molecule has 0 aliphatic heterocycles. The van der Waals surface area contributed by atoms with Crippen LogP contribution in [0, 0.1) is 5.82 Å². The van der Waals surface area contributed by atoms with E-state index in [-0.39, 0.29) is 18.0 Å². The highest BCUT2D eigenvalue weighted by Gasteiger charge is 2.04. The van der Waals surface area contributed by atoms with Crippen LogP contribution in [-0.2, 0) is 9.59 Å². The van der Waals surface area contributed by atoms with Gasteiger partial charge in [0.05, 0.1) is 6.42 Å². The maximum Gasteiger partial charge on any atom is 0.163 e. The number of aromatic hydroxyl groups is 1. The van der Waals surface area contributed by atoms with Crippen LogP contribution in [0.25, 0.3) is 12.2 Å². The van der Waals surface area contributed by atoms with Gasteiger partial charge < -0.3 is 5.11 Å². The normalized spacial score (nSPS) is 11.2. The fourth-order valence-electron chi connectivity index (χ4n) is 1.86. The molecule has 23 heavy (non-hydrogen) atoms. The fraction of sp³-hybridized carbons (Fsp3) is 0.0526. The summed E-state index contributed by atoms with van der Waals surface area (Å²) in [6, 6.07) is 12.4. The van der Waals surface area contributed by atoms with Crippen molar-refractivity contribution in [3.05, 3.63) is 77.6 Å². The van der Waals surface area contributed by atoms with Gasteiger partial charge in [-0.3, -0.25) is 9.59 Å². The van der Waals surface area contributed by atoms with Crippen LogP contribution in [-0.4, -0.2) is 16.7 Å². The first kappa shape index (κ1) is 16.4. The lowest BCUT2D eigenvalue weighted by Gasteiger charge is -1.96. The van der Waals surface area contributed by atoms with Crippen LogP contribution in [0.2, 0.25) is 0 Å². The van der Waals surface area contributed by atoms with Crippen LogP contribution in [0.1, 0.15) is 17.5 Å². The molecule has 2 aromatic rings. The molecular formula is C19H15FO3. The van der Waals surface area contributed by atoms with Gasteiger partial charge in [-0.15, -0.1) is 0 Å². The van der Waals surface area contributed by atoms with Crippen molar-refractivity contribution >= 4 is 23.7 Å². The molecule has 0 saturated carbocycles. The standard InChI is InChI=1S/C19H15FO3/c20-19-4-2-1-3-15(19)8-12-18(23)13-17(22)11-7-14-5-9-16(21)10-6-14/h1-12,21H,13H2/b11-7+,12-8+. The van der Waals surface area contributed by atoms with Gasteiger partial charge in [0, 0.05) is 5.56 Å². The van der Waals surface area contributed by atoms with Crippen LogP contribution >= 0.6 is 0 Å². The Bertz CT molecular complexity index is 758. The van der Waals surface area contributed by atoms with Crippen LogP contribution < -0.4 is 0 Å². The summed E-state index contributed by atoms with van der Waals surface area (Å²) in [5.74, 6) is -1.02. The molecule has 0 aromatic heterocycles. The van der Waals surface area contributed by atoms with Gasteiger partial charge in [-0.05, 0) is 42.0 Å². The second-order valence-corrected chi connectivity index (χ2v) is 4.89. The summed E-state index contributed by atoms with van der Waals surface area (Å²) in [6.45, 7) is 0. The molecule has 3 nitrogen and oxygen atoms in total. The summed E-state index contributed by atoms with van der Waals surface area (Å²) in [5.41, 5.74) is 1.04. The minimum Gasteiger partial charge on any atom is -0.508 e. The van der Waals surface area contributed by atoms with Crippen molar-refractivity contribution in [3.63, 3.8) is 0 Å². The van der Waals surface area contributed by atoms with Gasteiger partial charge in [-0.2, -0.15) is 0 Å². The maximum atomic E-state index is 13.4. The number of phenolic OH excluding ortho intramolecular Hbond substituents is 1. The molecule has 2 aromatic carbocycles. The third-order valence-corrected chi connectivity index (χ3v) is 3.06. The highest BCUT2D eigenvalue weighted by atomic mass is 19.1. The minimum absolute atomic E-state index is 0.141. The van der Waals surface area contributed by atoms with Gasteiger partial charge in [0.15, 0.2) is 11.6 Å². The molecule has 0 heterocycles. The number of phenols is 1. The summed E-state index contributed by atoms with van der Waals surface area (Å²) in [7, 11) is 0. The zero-order valence-corrected chi connectivity index (χ0v) is 12.3. The van der Waals surface area contributed by atoms with Crippen LogP contribution in [0.5, 0.6) is 5.75 Å². The predicted molar refractivity (Wildman–Crippen MR) is 87.2 cm³/mol. The largest absolute Gasteiger partial charge is 0.508 e. The highest BCUT2D eigenvalue weighted by Crippen LogP contribution is 2.11. The average Bonchev–Trinajstić information content (AvgIpc) is 2.53. The molecular weight excluding hydrogens is 295 g/mol. The molecule has 0 spiro atoms. The lowest BCUT2D eigenvalue weighted by atomic mass is 10.1. The number of carbonyl (C=O) groups excluding carboxylic acids is 2. The SMILES string of the molecule is O=C(/C=C/c1ccc(O)cc1)CC(=O)/C=C/c1ccccc1F. The van der Waals surface area contributed by atoms with Crippen LogP contribution in [0.4, 0.5) is 4.39 Å². The summed E-state index contributed by atoms with van der Waals surface area (Å²) in [4.78, 5) is 23.4. The van der Waals surface area contributed by atoms with E-state index < -0.39 is 11.6 Å². The van der Waals surface area contributed by atoms with E-state index in [1.165, 1.54) is 36.4 Å². The smallest absolute Gasteiger partial charge is 0.163 e. The molecule has 0 bridgehead atoms. The van der Waals surface area contributed by atoms with E-state index in [0.29, 0.717) is 5.56 Å². The number of carbonyl (C=O) groups is 2. The third kappa shape index (κ3) is 5.36. The number of rotatable bonds is 6. The van der Waals surface area contributed by atoms with E-state index in [4.69, 9.17) is 5.11 Å². The monoisotopic (exact) mass is 310 g/mol. The van der Waals surface area contributed by atoms with Crippen molar-refractivity contribution < 1.29 is 19.1 Å². The molecule has 0 atom stereocenters. The molecule has 4 heteroatoms. The van der Waals surface area contributed by atoms with Crippen molar-refractivity contribution in [1.82, 2.24) is 0 Å². The van der Waals surface area contributed by atoms with E-state index in [9.17, 15) is 14.0 Å². The average molecular weight is 310 g/mol. The Kier molecular flexibility index (Phi) is 5.58. The van der Waals surface area contributed by atoms with Gasteiger partial charge in [-0.1, -0.05) is 36.4 Å². The molecule has 2 rings (SSSR count). The Labute approximate surface area is 133 Å². The Morgan fingerprint density at radius 2 is 1.52 bits per heavy atom. The molecule has 116 valence electrons. The molecule has 0 aliphatic carbocycles. The van der Waals surface area contributed by atoms with E-state index >= 15 is 0 Å². The topological polar surface area (TPSA) is 54.4 Å². The summed E-state index contributed by atoms with van der Waals surface area (Å²) < 4.78 is 13.4. The lowest BCUT2D eigenvalue weighted by molar-refractivity contribution is -0.121. The number of halogens is 1. The van der Waals surface area contributed by atoms with Crippen molar-refractivity contribution in [2.45, 2.75) is 6.42 Å². The molecule has 0 saturated heterocycles. The van der Waals surface area contributed by atoms with Crippen LogP contribution in [0.15, 0.2) is 60.7 Å². The maximum absolute atomic E-state index is 13.4. The lowest BCUT2D eigenvalue weighted by Crippen LogP contribution is -2.02. The van der Waals surface area contributed by atoms with Crippen molar-refractivity contribution in [1.29, 1.82) is 0 Å². The van der Waals surface area contributed by atoms with Gasteiger partial charge in [0.2, 0.25) is 0 Å². The van der Waals surface area contributed by atoms with Gasteiger partial charge in [0.25, 0.3) is 0 Å². The summed E-state index contributed by atoms with van der Waals surface area (Å²) in [6.07, 6.45) is 5.15. The number of benzene rings is 2. The first-order valence-corrected chi connectivity index (χ1v) is 7.00. The van der Waals surface area contributed by atoms with Gasteiger partial charge >= 0.3 is 0 Å². The number of hydrogen-bond donors (Lipinski definition) is 1. The van der Waals surface area contributed by atoms with Crippen molar-refractivity contribution in [2.24, 2.45) is 0 Å². The van der Waals surface area contributed by atoms with E-state index in [2.05, 4.69) is 0 Å². The Balaban J connectivity index is 1.91. The van der Waals surface area contributed by atoms with E-state index in [1.807, 2.05) is 0 Å². The molecule has 1 N–H and O–H groups in total. The molecule has 0 radical (unpaired) electrons. The summed E-state index contributed by atoms with van der Waals surface area (Å²) >= 11 is 0. The molecule has 0 amide bonds. The second-order valence-electron chi connectivity index (χ2n) is 4.89. The fourth-order valence-corrected chi connectivity index (χ4v) is 1.86. The predicted octanol–water partition coefficient (Wildman–Crippen LogP) is 3.79. The van der Waals surface area contributed by atoms with Crippen molar-refractivity contribution in [3.8, 4) is 5.75 Å². The first-order valence-electron chi connectivity index (χ1n) is 7.00. The zero-order chi connectivity index (χ0) is 16.7. The summed E-state index contributed by atoms with van der Waals surface area (Å²) in [5, 5.41) is 9.16. The first-order chi connectivity index (χ1) is 11.0. The number of ketones is 2. The Morgan fingerprint density at radius 1 is 0.913 bits per heavy atom. The highest BCUT2D eigenvalue weighted by molar-refractivity contribution is 6.10. The van der Waals surface area contributed by atoms with Crippen LogP contribution in [0.3, 0.4) is 0 Å². The van der Waals surface area contributed by atoms with Crippen molar-refractivity contribution in [2.75, 3.05) is 0 Å². The van der Waals surface area contributed by atoms with Gasteiger partial charge in [0.1, 0.15) is 11.6 Å². The molecule has 0 aliphatic rings. The number of hydrogen-bond acceptors (Lipinski definition) is 3. The van der Waals surface area contributed by atoms with E-state index in [1.54, 1.807) is 36.4 Å². The molecule has 0 fully saturated rings. The quantitative estimate of drug-likeness (QED) is 0.652. The van der Waals surface area contributed by atoms with E-state index in [0.717, 1.165) is 5.56 Å². The van der Waals surface area contributed by atoms with Gasteiger partial charge in [-0.25, -0.2) is 4.39 Å². The molecule has 0 unspecified atom stereocenters.